The van der Waals surface area contributed by atoms with Crippen molar-refractivity contribution in [3.63, 3.8) is 0 Å². The molecule has 0 unspecified atom stereocenters. The summed E-state index contributed by atoms with van der Waals surface area (Å²) in [5.74, 6) is 0.186. The maximum atomic E-state index is 11.8. The summed E-state index contributed by atoms with van der Waals surface area (Å²) in [5.41, 5.74) is 5.47. The van der Waals surface area contributed by atoms with E-state index in [9.17, 15) is 9.90 Å². The first-order valence-electron chi connectivity index (χ1n) is 8.81. The number of nitrogens with zero attached hydrogens (tertiary/aromatic N) is 3. The Bertz CT molecular complexity index is 1240. The van der Waals surface area contributed by atoms with Gasteiger partial charge < -0.3 is 14.6 Å². The molecule has 4 aromatic rings. The molecule has 0 bridgehead atoms. The van der Waals surface area contributed by atoms with Crippen molar-refractivity contribution in [2.24, 2.45) is 0 Å². The molecule has 1 aliphatic heterocycles. The van der Waals surface area contributed by atoms with Crippen LogP contribution in [0.2, 0.25) is 0 Å². The summed E-state index contributed by atoms with van der Waals surface area (Å²) in [6, 6.07) is 5.68. The minimum absolute atomic E-state index is 0.00582. The number of aromatic amines is 1. The van der Waals surface area contributed by atoms with E-state index in [1.807, 2.05) is 35.9 Å². The molecule has 5 rings (SSSR count). The number of aryl methyl sites for hydroxylation is 1. The van der Waals surface area contributed by atoms with Gasteiger partial charge in [-0.2, -0.15) is 21.5 Å². The van der Waals surface area contributed by atoms with Crippen LogP contribution >= 0.6 is 11.3 Å². The number of H-pyrrole nitrogens is 1. The normalized spacial score (nSPS) is 12.2. The fourth-order valence-electron chi connectivity index (χ4n) is 3.62. The first kappa shape index (κ1) is 17.5. The number of hydrogen-bond acceptors (Lipinski definition) is 6. The largest absolute Gasteiger partial charge is 0.496 e. The fraction of sp³-hybridized carbons (Fsp3) is 0.150. The van der Waals surface area contributed by atoms with Gasteiger partial charge in [0.15, 0.2) is 5.69 Å². The Kier molecular flexibility index (Phi) is 3.92. The molecule has 29 heavy (non-hydrogen) atoms. The van der Waals surface area contributed by atoms with E-state index in [1.54, 1.807) is 18.0 Å². The van der Waals surface area contributed by atoms with E-state index in [4.69, 9.17) is 9.47 Å². The van der Waals surface area contributed by atoms with Crippen LogP contribution in [0.1, 0.15) is 21.7 Å². The van der Waals surface area contributed by atoms with Gasteiger partial charge in [-0.3, -0.25) is 5.10 Å². The first-order chi connectivity index (χ1) is 14.1. The van der Waals surface area contributed by atoms with Gasteiger partial charge in [0.25, 0.3) is 0 Å². The van der Waals surface area contributed by atoms with Crippen molar-refractivity contribution in [1.82, 2.24) is 20.0 Å². The van der Waals surface area contributed by atoms with E-state index in [2.05, 4.69) is 15.3 Å². The zero-order chi connectivity index (χ0) is 20.1. The number of methoxy groups -OCH3 is 1. The van der Waals surface area contributed by atoms with E-state index >= 15 is 0 Å². The fourth-order valence-corrected chi connectivity index (χ4v) is 4.23. The van der Waals surface area contributed by atoms with Crippen LogP contribution in [0.5, 0.6) is 11.5 Å². The van der Waals surface area contributed by atoms with Crippen LogP contribution in [-0.2, 0) is 6.61 Å². The molecular weight excluding hydrogens is 392 g/mol. The standard InChI is InChI=1S/C20H16N4O4S/c1-10-14(7-21-22-10)12-5-13-17(6-16(12)27-2)28-8-15-18(20(25)26)23-24(19(13)15)11-3-4-29-9-11/h3-7,9H,8H2,1-2H3,(H,21,22)(H,25,26). The van der Waals surface area contributed by atoms with Gasteiger partial charge in [-0.15, -0.1) is 0 Å². The molecule has 0 saturated carbocycles. The summed E-state index contributed by atoms with van der Waals surface area (Å²) in [6.45, 7) is 2.06. The first-order valence-corrected chi connectivity index (χ1v) is 9.76. The van der Waals surface area contributed by atoms with Crippen molar-refractivity contribution in [3.05, 3.63) is 52.1 Å². The molecule has 1 aromatic carbocycles. The number of nitrogens with one attached hydrogen (secondary N) is 1. The number of hydrogen-bond donors (Lipinski definition) is 2. The summed E-state index contributed by atoms with van der Waals surface area (Å²) in [7, 11) is 1.60. The van der Waals surface area contributed by atoms with Gasteiger partial charge in [-0.1, -0.05) is 0 Å². The molecule has 0 fully saturated rings. The third-order valence-electron chi connectivity index (χ3n) is 4.99. The molecule has 1 aliphatic rings. The number of fused-ring (bicyclic) bond motifs is 3. The van der Waals surface area contributed by atoms with Gasteiger partial charge >= 0.3 is 5.97 Å². The number of benzene rings is 1. The quantitative estimate of drug-likeness (QED) is 0.531. The molecule has 2 N–H and O–H groups in total. The van der Waals surface area contributed by atoms with E-state index in [0.29, 0.717) is 22.8 Å². The maximum absolute atomic E-state index is 11.8. The molecule has 4 heterocycles. The summed E-state index contributed by atoms with van der Waals surface area (Å²) < 4.78 is 13.2. The number of carboxylic acids is 1. The van der Waals surface area contributed by atoms with Gasteiger partial charge in [0, 0.05) is 33.8 Å². The number of aromatic carboxylic acids is 1. The lowest BCUT2D eigenvalue weighted by molar-refractivity contribution is 0.0687. The second-order valence-electron chi connectivity index (χ2n) is 6.62. The summed E-state index contributed by atoms with van der Waals surface area (Å²) >= 11 is 1.52. The predicted octanol–water partition coefficient (Wildman–Crippen LogP) is 3.90. The topological polar surface area (TPSA) is 102 Å². The number of ether oxygens (including phenoxy) is 2. The predicted molar refractivity (Wildman–Crippen MR) is 107 cm³/mol. The van der Waals surface area contributed by atoms with Crippen LogP contribution in [0.15, 0.2) is 35.2 Å². The number of carboxylic acid groups (broad SMARTS) is 1. The van der Waals surface area contributed by atoms with Crippen molar-refractivity contribution in [3.8, 4) is 39.6 Å². The number of thiophene rings is 1. The van der Waals surface area contributed by atoms with Crippen molar-refractivity contribution in [2.45, 2.75) is 13.5 Å². The third-order valence-corrected chi connectivity index (χ3v) is 5.66. The van der Waals surface area contributed by atoms with Gasteiger partial charge in [-0.05, 0) is 24.4 Å². The van der Waals surface area contributed by atoms with Gasteiger partial charge in [-0.25, -0.2) is 9.48 Å². The molecule has 0 spiro atoms. The molecule has 0 aliphatic carbocycles. The molecule has 0 atom stereocenters. The second-order valence-corrected chi connectivity index (χ2v) is 7.40. The van der Waals surface area contributed by atoms with Gasteiger partial charge in [0.2, 0.25) is 0 Å². The molecule has 8 nitrogen and oxygen atoms in total. The van der Waals surface area contributed by atoms with Crippen molar-refractivity contribution >= 4 is 17.3 Å². The van der Waals surface area contributed by atoms with E-state index in [-0.39, 0.29) is 12.3 Å². The Labute approximate surface area is 169 Å². The zero-order valence-corrected chi connectivity index (χ0v) is 16.4. The summed E-state index contributed by atoms with van der Waals surface area (Å²) in [5, 5.41) is 24.9. The Morgan fingerprint density at radius 1 is 1.34 bits per heavy atom. The van der Waals surface area contributed by atoms with Crippen molar-refractivity contribution < 1.29 is 19.4 Å². The Morgan fingerprint density at radius 3 is 2.86 bits per heavy atom. The summed E-state index contributed by atoms with van der Waals surface area (Å²) in [4.78, 5) is 11.8. The summed E-state index contributed by atoms with van der Waals surface area (Å²) in [6.07, 6.45) is 1.74. The SMILES string of the molecule is COc1cc2c(cc1-c1cn[nH]c1C)-c1c(c(C(=O)O)nn1-c1ccsc1)CO2. The van der Waals surface area contributed by atoms with Crippen molar-refractivity contribution in [2.75, 3.05) is 7.11 Å². The molecule has 146 valence electrons. The molecule has 3 aromatic heterocycles. The van der Waals surface area contributed by atoms with Crippen LogP contribution in [0.4, 0.5) is 0 Å². The lowest BCUT2D eigenvalue weighted by Gasteiger charge is -2.22. The monoisotopic (exact) mass is 408 g/mol. The van der Waals surface area contributed by atoms with Crippen LogP contribution < -0.4 is 9.47 Å². The van der Waals surface area contributed by atoms with Gasteiger partial charge in [0.1, 0.15) is 18.1 Å². The smallest absolute Gasteiger partial charge is 0.356 e. The van der Waals surface area contributed by atoms with Crippen LogP contribution in [0, 0.1) is 6.92 Å². The van der Waals surface area contributed by atoms with E-state index in [1.165, 1.54) is 11.3 Å². The average Bonchev–Trinajstić information content (AvgIpc) is 3.45. The Hall–Kier alpha value is -3.59. The minimum atomic E-state index is -1.08. The molecular formula is C20H16N4O4S. The van der Waals surface area contributed by atoms with Crippen molar-refractivity contribution in [1.29, 1.82) is 0 Å². The Morgan fingerprint density at radius 2 is 2.21 bits per heavy atom. The number of carbonyl (C=O) groups is 1. The molecule has 0 saturated heterocycles. The van der Waals surface area contributed by atoms with Crippen LogP contribution in [0.3, 0.4) is 0 Å². The minimum Gasteiger partial charge on any atom is -0.496 e. The molecule has 0 amide bonds. The van der Waals surface area contributed by atoms with Crippen LogP contribution in [-0.4, -0.2) is 38.2 Å². The lowest BCUT2D eigenvalue weighted by atomic mass is 9.96. The second kappa shape index (κ2) is 6.49. The Balaban J connectivity index is 1.81. The van der Waals surface area contributed by atoms with E-state index in [0.717, 1.165) is 28.1 Å². The molecule has 0 radical (unpaired) electrons. The number of rotatable bonds is 4. The highest BCUT2D eigenvalue weighted by molar-refractivity contribution is 7.08. The molecule has 9 heteroatoms. The average molecular weight is 408 g/mol. The van der Waals surface area contributed by atoms with E-state index < -0.39 is 5.97 Å². The lowest BCUT2D eigenvalue weighted by Crippen LogP contribution is -2.10. The number of aromatic nitrogens is 4. The third kappa shape index (κ3) is 2.62. The highest BCUT2D eigenvalue weighted by Gasteiger charge is 2.31. The van der Waals surface area contributed by atoms with Gasteiger partial charge in [0.05, 0.1) is 30.3 Å². The maximum Gasteiger partial charge on any atom is 0.356 e. The highest BCUT2D eigenvalue weighted by atomic mass is 32.1. The zero-order valence-electron chi connectivity index (χ0n) is 15.6. The highest BCUT2D eigenvalue weighted by Crippen LogP contribution is 2.46. The van der Waals surface area contributed by atoms with Crippen LogP contribution in [0.25, 0.3) is 28.1 Å².